The molecule has 0 aliphatic rings. The zero-order valence-corrected chi connectivity index (χ0v) is 8.44. The Labute approximate surface area is 90.6 Å². The Kier molecular flexibility index (Phi) is 4.26. The van der Waals surface area contributed by atoms with Crippen LogP contribution in [0.25, 0.3) is 0 Å². The van der Waals surface area contributed by atoms with Crippen molar-refractivity contribution < 1.29 is 28.5 Å². The molecule has 0 unspecified atom stereocenters. The molecule has 0 aliphatic heterocycles. The van der Waals surface area contributed by atoms with Crippen molar-refractivity contribution in [2.75, 3.05) is 6.61 Å². The molecule has 0 atom stereocenters. The van der Waals surface area contributed by atoms with Crippen molar-refractivity contribution >= 4 is 11.9 Å². The highest BCUT2D eigenvalue weighted by molar-refractivity contribution is 5.74. The fourth-order valence-corrected chi connectivity index (χ4v) is 0.769. The summed E-state index contributed by atoms with van der Waals surface area (Å²) in [5, 5.41) is 0. The molecule has 0 N–H and O–H groups in total. The number of carbonyl (C=O) groups excluding carboxylic acids is 2. The van der Waals surface area contributed by atoms with Gasteiger partial charge < -0.3 is 4.74 Å². The number of esters is 1. The standard InChI is InChI=1S/C10H9FO5/c1-7(12)14-6-10(13)16-15-9-4-2-8(11)3-5-9/h2-5H,6H2,1H3. The van der Waals surface area contributed by atoms with Gasteiger partial charge in [0.25, 0.3) is 0 Å². The van der Waals surface area contributed by atoms with Gasteiger partial charge in [-0.3, -0.25) is 9.68 Å². The lowest BCUT2D eigenvalue weighted by Gasteiger charge is -2.03. The van der Waals surface area contributed by atoms with Gasteiger partial charge in [0.2, 0.25) is 0 Å². The molecule has 86 valence electrons. The molecule has 0 bridgehead atoms. The molecule has 0 aliphatic carbocycles. The normalized spacial score (nSPS) is 9.38. The predicted octanol–water partition coefficient (Wildman–Crippen LogP) is 1.23. The van der Waals surface area contributed by atoms with Gasteiger partial charge in [-0.25, -0.2) is 14.1 Å². The van der Waals surface area contributed by atoms with Gasteiger partial charge in [-0.15, -0.1) is 0 Å². The highest BCUT2D eigenvalue weighted by atomic mass is 19.1. The zero-order valence-electron chi connectivity index (χ0n) is 8.44. The van der Waals surface area contributed by atoms with Gasteiger partial charge in [0.05, 0.1) is 0 Å². The summed E-state index contributed by atoms with van der Waals surface area (Å²) in [7, 11) is 0. The van der Waals surface area contributed by atoms with Gasteiger partial charge in [0.15, 0.2) is 12.4 Å². The Balaban J connectivity index is 2.31. The molecule has 1 rings (SSSR count). The molecule has 1 aromatic rings. The van der Waals surface area contributed by atoms with Crippen LogP contribution < -0.4 is 4.89 Å². The first-order valence-electron chi connectivity index (χ1n) is 4.34. The minimum atomic E-state index is -0.862. The van der Waals surface area contributed by atoms with Crippen LogP contribution in [-0.4, -0.2) is 18.5 Å². The van der Waals surface area contributed by atoms with E-state index in [1.165, 1.54) is 12.1 Å². The lowest BCUT2D eigenvalue weighted by atomic mass is 10.3. The summed E-state index contributed by atoms with van der Waals surface area (Å²) in [6.07, 6.45) is 0. The van der Waals surface area contributed by atoms with E-state index in [9.17, 15) is 14.0 Å². The number of carbonyl (C=O) groups is 2. The van der Waals surface area contributed by atoms with E-state index < -0.39 is 24.4 Å². The number of ether oxygens (including phenoxy) is 1. The molecular formula is C10H9FO5. The van der Waals surface area contributed by atoms with Crippen molar-refractivity contribution in [1.29, 1.82) is 0 Å². The highest BCUT2D eigenvalue weighted by Gasteiger charge is 2.07. The van der Waals surface area contributed by atoms with E-state index in [0.29, 0.717) is 0 Å². The topological polar surface area (TPSA) is 61.8 Å². The molecule has 1 aromatic carbocycles. The second kappa shape index (κ2) is 5.69. The molecule has 6 heteroatoms. The van der Waals surface area contributed by atoms with Gasteiger partial charge in [0, 0.05) is 6.92 Å². The molecule has 5 nitrogen and oxygen atoms in total. The second-order valence-corrected chi connectivity index (χ2v) is 2.77. The largest absolute Gasteiger partial charge is 0.454 e. The molecule has 0 radical (unpaired) electrons. The van der Waals surface area contributed by atoms with Crippen LogP contribution in [0.2, 0.25) is 0 Å². The number of hydrogen-bond acceptors (Lipinski definition) is 5. The van der Waals surface area contributed by atoms with Crippen LogP contribution in [-0.2, 0) is 19.2 Å². The third-order valence-corrected chi connectivity index (χ3v) is 1.44. The van der Waals surface area contributed by atoms with Crippen LogP contribution in [0.1, 0.15) is 6.92 Å². The van der Waals surface area contributed by atoms with Crippen LogP contribution >= 0.6 is 0 Å². The Morgan fingerprint density at radius 2 is 1.88 bits per heavy atom. The first-order chi connectivity index (χ1) is 7.58. The molecule has 16 heavy (non-hydrogen) atoms. The molecule has 0 saturated heterocycles. The van der Waals surface area contributed by atoms with E-state index in [0.717, 1.165) is 19.1 Å². The molecule has 0 fully saturated rings. The fraction of sp³-hybridized carbons (Fsp3) is 0.200. The summed E-state index contributed by atoms with van der Waals surface area (Å²) in [6.45, 7) is 0.630. The number of halogens is 1. The summed E-state index contributed by atoms with van der Waals surface area (Å²) < 4.78 is 16.8. The zero-order chi connectivity index (χ0) is 12.0. The third-order valence-electron chi connectivity index (χ3n) is 1.44. The van der Waals surface area contributed by atoms with Crippen molar-refractivity contribution in [3.05, 3.63) is 30.1 Å². The smallest absolute Gasteiger partial charge is 0.392 e. The molecule has 0 heterocycles. The summed E-state index contributed by atoms with van der Waals surface area (Å²) in [4.78, 5) is 30.1. The Morgan fingerprint density at radius 1 is 1.25 bits per heavy atom. The first kappa shape index (κ1) is 12.0. The van der Waals surface area contributed by atoms with E-state index in [-0.39, 0.29) is 5.75 Å². The van der Waals surface area contributed by atoms with Crippen molar-refractivity contribution in [3.63, 3.8) is 0 Å². The maximum atomic E-state index is 12.5. The highest BCUT2D eigenvalue weighted by Crippen LogP contribution is 2.11. The van der Waals surface area contributed by atoms with Gasteiger partial charge in [0.1, 0.15) is 5.82 Å². The number of benzene rings is 1. The maximum Gasteiger partial charge on any atom is 0.392 e. The fourth-order valence-electron chi connectivity index (χ4n) is 0.769. The van der Waals surface area contributed by atoms with Crippen molar-refractivity contribution in [2.45, 2.75) is 6.92 Å². The lowest BCUT2D eigenvalue weighted by molar-refractivity contribution is -0.218. The van der Waals surface area contributed by atoms with E-state index in [4.69, 9.17) is 0 Å². The molecule has 0 aromatic heterocycles. The first-order valence-corrected chi connectivity index (χ1v) is 4.34. The van der Waals surface area contributed by atoms with Crippen molar-refractivity contribution in [2.24, 2.45) is 0 Å². The Bertz CT molecular complexity index is 373. The average molecular weight is 228 g/mol. The van der Waals surface area contributed by atoms with Gasteiger partial charge in [-0.05, 0) is 24.3 Å². The quantitative estimate of drug-likeness (QED) is 0.440. The van der Waals surface area contributed by atoms with Crippen LogP contribution in [0.5, 0.6) is 5.75 Å². The van der Waals surface area contributed by atoms with Gasteiger partial charge in [-0.1, -0.05) is 0 Å². The summed E-state index contributed by atoms with van der Waals surface area (Å²) >= 11 is 0. The van der Waals surface area contributed by atoms with E-state index in [2.05, 4.69) is 14.5 Å². The van der Waals surface area contributed by atoms with E-state index >= 15 is 0 Å². The maximum absolute atomic E-state index is 12.5. The lowest BCUT2D eigenvalue weighted by Crippen LogP contribution is -2.16. The average Bonchev–Trinajstić information content (AvgIpc) is 2.25. The van der Waals surface area contributed by atoms with Gasteiger partial charge >= 0.3 is 11.9 Å². The number of rotatable bonds is 4. The van der Waals surface area contributed by atoms with Crippen LogP contribution in [0.3, 0.4) is 0 Å². The van der Waals surface area contributed by atoms with Gasteiger partial charge in [-0.2, -0.15) is 0 Å². The number of hydrogen-bond donors (Lipinski definition) is 0. The predicted molar refractivity (Wildman–Crippen MR) is 49.8 cm³/mol. The minimum absolute atomic E-state index is 0.164. The Morgan fingerprint density at radius 3 is 2.44 bits per heavy atom. The van der Waals surface area contributed by atoms with Crippen molar-refractivity contribution in [1.82, 2.24) is 0 Å². The summed E-state index contributed by atoms with van der Waals surface area (Å²) in [5.74, 6) is -1.73. The monoisotopic (exact) mass is 228 g/mol. The summed E-state index contributed by atoms with van der Waals surface area (Å²) in [5.41, 5.74) is 0. The van der Waals surface area contributed by atoms with Crippen molar-refractivity contribution in [3.8, 4) is 5.75 Å². The minimum Gasteiger partial charge on any atom is -0.454 e. The van der Waals surface area contributed by atoms with Crippen LogP contribution in [0.4, 0.5) is 4.39 Å². The van der Waals surface area contributed by atoms with E-state index in [1.807, 2.05) is 0 Å². The molecule has 0 saturated carbocycles. The summed E-state index contributed by atoms with van der Waals surface area (Å²) in [6, 6.07) is 4.87. The third kappa shape index (κ3) is 4.41. The Hall–Kier alpha value is -2.11. The SMILES string of the molecule is CC(=O)OCC(=O)OOc1ccc(F)cc1. The molecular weight excluding hydrogens is 219 g/mol. The molecule has 0 spiro atoms. The second-order valence-electron chi connectivity index (χ2n) is 2.77. The van der Waals surface area contributed by atoms with E-state index in [1.54, 1.807) is 0 Å². The van der Waals surface area contributed by atoms with Crippen LogP contribution in [0, 0.1) is 5.82 Å². The van der Waals surface area contributed by atoms with Crippen LogP contribution in [0.15, 0.2) is 24.3 Å². The molecule has 0 amide bonds.